The second-order valence-corrected chi connectivity index (χ2v) is 15.8. The molecule has 7 atom stereocenters. The Bertz CT molecular complexity index is 2170. The van der Waals surface area contributed by atoms with E-state index in [-0.39, 0.29) is 29.1 Å². The summed E-state index contributed by atoms with van der Waals surface area (Å²) in [5.74, 6) is -0.748. The number of phosphoric ester groups is 2. The highest BCUT2D eigenvalue weighted by atomic mass is 31.3. The predicted octanol–water partition coefficient (Wildman–Crippen LogP) is 1.31. The van der Waals surface area contributed by atoms with Crippen LogP contribution in [0.4, 0.5) is 5.95 Å². The average molecular weight is 745 g/mol. The zero-order valence-corrected chi connectivity index (χ0v) is 26.9. The number of hydrogen-bond donors (Lipinski definition) is 7. The van der Waals surface area contributed by atoms with Crippen LogP contribution in [0.25, 0.3) is 22.1 Å². The van der Waals surface area contributed by atoms with E-state index >= 15 is 0 Å². The zero-order valence-electron chi connectivity index (χ0n) is 23.3. The molecule has 0 amide bonds. The van der Waals surface area contributed by atoms with Gasteiger partial charge in [-0.15, -0.1) is 0 Å². The number of nitrogens with zero attached hydrogens (tertiary/aromatic N) is 3. The van der Waals surface area contributed by atoms with E-state index in [1.165, 1.54) is 23.0 Å². The van der Waals surface area contributed by atoms with E-state index in [0.717, 1.165) is 12.1 Å². The Balaban J connectivity index is 1.18. The standard InChI is InChI=1S/C20H23N5O18P4/c1-9-4-16(27)39-13-5-10(2-3-11(9)13)40-45(31,32)42-47(35,36)43-46(33,34)41-44(29,30)37-7-14-12(26)6-15(38-14)25-8-22-17-18(25)23-20(21)24-19(17)28/h2-5,8,12,14-15,26H,6-7H2,1H3,(H,29,30)(H,31,32)(H,33,34)(H,35,36)(H3,21,23,24,28)/t12-,14+,15+/m0/s1. The molecule has 4 aromatic rings. The van der Waals surface area contributed by atoms with Gasteiger partial charge in [-0.3, -0.25) is 23.8 Å². The number of rotatable bonds is 12. The molecular formula is C20H23N5O18P4. The first-order valence-electron chi connectivity index (χ1n) is 12.6. The number of aliphatic hydroxyl groups is 1. The van der Waals surface area contributed by atoms with Crippen LogP contribution in [0.15, 0.2) is 44.6 Å². The summed E-state index contributed by atoms with van der Waals surface area (Å²) in [6.45, 7) is 0.614. The van der Waals surface area contributed by atoms with Crippen molar-refractivity contribution in [3.8, 4) is 5.75 Å². The number of aromatic amines is 1. The van der Waals surface area contributed by atoms with Crippen LogP contribution in [0.2, 0.25) is 0 Å². The molecule has 1 aliphatic heterocycles. The van der Waals surface area contributed by atoms with Crippen molar-refractivity contribution in [1.29, 1.82) is 0 Å². The third-order valence-electron chi connectivity index (χ3n) is 6.13. The molecule has 23 nitrogen and oxygen atoms in total. The number of H-pyrrole nitrogens is 1. The summed E-state index contributed by atoms with van der Waals surface area (Å²) < 4.78 is 81.8. The van der Waals surface area contributed by atoms with Crippen molar-refractivity contribution >= 4 is 59.4 Å². The van der Waals surface area contributed by atoms with Gasteiger partial charge in [0.2, 0.25) is 5.95 Å². The van der Waals surface area contributed by atoms with Crippen LogP contribution in [-0.2, 0) is 40.5 Å². The largest absolute Gasteiger partial charge is 0.536 e. The Morgan fingerprint density at radius 2 is 1.68 bits per heavy atom. The number of hydrogen-bond acceptors (Lipinski definition) is 17. The van der Waals surface area contributed by atoms with Crippen LogP contribution >= 0.6 is 31.3 Å². The molecule has 0 radical (unpaired) electrons. The van der Waals surface area contributed by atoms with Crippen LogP contribution in [0, 0.1) is 6.92 Å². The van der Waals surface area contributed by atoms with Gasteiger partial charge in [-0.1, -0.05) is 0 Å². The van der Waals surface area contributed by atoms with E-state index in [0.29, 0.717) is 10.9 Å². The summed E-state index contributed by atoms with van der Waals surface area (Å²) in [6.07, 6.45) is -2.79. The van der Waals surface area contributed by atoms with Crippen molar-refractivity contribution in [2.75, 3.05) is 12.3 Å². The molecule has 1 aliphatic rings. The van der Waals surface area contributed by atoms with Gasteiger partial charge in [0.15, 0.2) is 11.2 Å². The lowest BCUT2D eigenvalue weighted by atomic mass is 10.1. The molecule has 0 bridgehead atoms. The monoisotopic (exact) mass is 745 g/mol. The molecule has 1 saturated heterocycles. The smallest absolute Gasteiger partial charge is 0.423 e. The second-order valence-electron chi connectivity index (χ2n) is 9.62. The van der Waals surface area contributed by atoms with Crippen LogP contribution in [0.5, 0.6) is 5.75 Å². The average Bonchev–Trinajstić information content (AvgIpc) is 3.47. The summed E-state index contributed by atoms with van der Waals surface area (Å²) in [7, 11) is -23.5. The molecule has 4 unspecified atom stereocenters. The number of nitrogens with two attached hydrogens (primary N) is 1. The molecule has 0 spiro atoms. The molecule has 256 valence electrons. The number of phosphoric acid groups is 4. The highest BCUT2D eigenvalue weighted by molar-refractivity contribution is 7.69. The predicted molar refractivity (Wildman–Crippen MR) is 153 cm³/mol. The maximum atomic E-state index is 12.3. The third-order valence-corrected chi connectivity index (χ3v) is 12.0. The fourth-order valence-electron chi connectivity index (χ4n) is 4.31. The SMILES string of the molecule is Cc1cc(=O)oc2cc(OP(=O)(O)OP(=O)(O)OP(=O)(O)OP(=O)(O)OC[C@H]3O[C@@H](n4cnc5c(=O)[nH]c(N)nc54)C[C@@H]3O)ccc12. The third kappa shape index (κ3) is 8.50. The first kappa shape index (κ1) is 35.2. The van der Waals surface area contributed by atoms with Crippen molar-refractivity contribution in [2.24, 2.45) is 0 Å². The maximum absolute atomic E-state index is 12.3. The quantitative estimate of drug-likeness (QED) is 0.0793. The molecule has 1 fully saturated rings. The molecule has 0 aliphatic carbocycles. The first-order chi connectivity index (χ1) is 21.7. The Morgan fingerprint density at radius 1 is 1.02 bits per heavy atom. The minimum Gasteiger partial charge on any atom is -0.423 e. The van der Waals surface area contributed by atoms with Gasteiger partial charge in [0, 0.05) is 23.9 Å². The summed E-state index contributed by atoms with van der Waals surface area (Å²) in [4.78, 5) is 73.1. The lowest BCUT2D eigenvalue weighted by Crippen LogP contribution is -2.26. The second kappa shape index (κ2) is 12.7. The van der Waals surface area contributed by atoms with Gasteiger partial charge in [-0.2, -0.15) is 17.9 Å². The highest BCUT2D eigenvalue weighted by Gasteiger charge is 2.47. The van der Waals surface area contributed by atoms with Crippen molar-refractivity contribution in [2.45, 2.75) is 31.8 Å². The minimum absolute atomic E-state index is 0.00581. The molecule has 4 heterocycles. The van der Waals surface area contributed by atoms with E-state index < -0.39 is 73.3 Å². The van der Waals surface area contributed by atoms with Crippen LogP contribution < -0.4 is 21.4 Å². The van der Waals surface area contributed by atoms with E-state index in [2.05, 4.69) is 36.9 Å². The van der Waals surface area contributed by atoms with Gasteiger partial charge in [0.25, 0.3) is 5.56 Å². The van der Waals surface area contributed by atoms with E-state index in [1.807, 2.05) is 0 Å². The van der Waals surface area contributed by atoms with Crippen LogP contribution in [-0.4, -0.2) is 63.0 Å². The molecular weight excluding hydrogens is 722 g/mol. The number of aliphatic hydroxyl groups excluding tert-OH is 1. The minimum atomic E-state index is -6.09. The number of imidazole rings is 1. The summed E-state index contributed by atoms with van der Waals surface area (Å²) in [6, 6.07) is 4.57. The fraction of sp³-hybridized carbons (Fsp3) is 0.300. The molecule has 8 N–H and O–H groups in total. The summed E-state index contributed by atoms with van der Waals surface area (Å²) in [5.41, 5.74) is 4.43. The molecule has 47 heavy (non-hydrogen) atoms. The summed E-state index contributed by atoms with van der Waals surface area (Å²) >= 11 is 0. The lowest BCUT2D eigenvalue weighted by Gasteiger charge is -2.21. The van der Waals surface area contributed by atoms with Crippen molar-refractivity contribution in [3.63, 3.8) is 0 Å². The Hall–Kier alpha value is -3.10. The van der Waals surface area contributed by atoms with Gasteiger partial charge >= 0.3 is 36.9 Å². The van der Waals surface area contributed by atoms with Crippen LogP contribution in [0.1, 0.15) is 18.2 Å². The fourth-order valence-corrected chi connectivity index (χ4v) is 9.26. The number of aromatic nitrogens is 4. The van der Waals surface area contributed by atoms with Crippen LogP contribution in [0.3, 0.4) is 0 Å². The molecule has 5 rings (SSSR count). The number of benzene rings is 1. The number of fused-ring (bicyclic) bond motifs is 2. The van der Waals surface area contributed by atoms with Gasteiger partial charge < -0.3 is 39.2 Å². The van der Waals surface area contributed by atoms with E-state index in [1.54, 1.807) is 6.92 Å². The number of aryl methyl sites for hydroxylation is 1. The van der Waals surface area contributed by atoms with Crippen molar-refractivity contribution in [3.05, 3.63) is 56.9 Å². The molecule has 27 heteroatoms. The number of nitrogens with one attached hydrogen (secondary N) is 1. The van der Waals surface area contributed by atoms with E-state index in [4.69, 9.17) is 14.9 Å². The Kier molecular flexibility index (Phi) is 9.54. The first-order valence-corrected chi connectivity index (χ1v) is 18.6. The maximum Gasteiger partial charge on any atom is 0.536 e. The van der Waals surface area contributed by atoms with Gasteiger partial charge in [-0.25, -0.2) is 28.0 Å². The number of anilines is 1. The van der Waals surface area contributed by atoms with Crippen molar-refractivity contribution in [1.82, 2.24) is 19.5 Å². The topological polar surface area (TPSA) is 345 Å². The molecule has 1 aromatic carbocycles. The lowest BCUT2D eigenvalue weighted by molar-refractivity contribution is -0.0423. The van der Waals surface area contributed by atoms with E-state index in [9.17, 15) is 52.5 Å². The van der Waals surface area contributed by atoms with Gasteiger partial charge in [0.1, 0.15) is 23.7 Å². The van der Waals surface area contributed by atoms with Crippen molar-refractivity contribution < 1.29 is 74.1 Å². The normalized spacial score (nSPS) is 23.6. The number of nitrogen functional groups attached to an aromatic ring is 1. The Morgan fingerprint density at radius 3 is 2.38 bits per heavy atom. The molecule has 3 aromatic heterocycles. The van der Waals surface area contributed by atoms with Gasteiger partial charge in [-0.05, 0) is 24.6 Å². The number of ether oxygens (including phenoxy) is 1. The van der Waals surface area contributed by atoms with Gasteiger partial charge in [0.05, 0.1) is 19.0 Å². The molecule has 0 saturated carbocycles. The summed E-state index contributed by atoms with van der Waals surface area (Å²) in [5, 5.41) is 10.8. The highest BCUT2D eigenvalue weighted by Crippen LogP contribution is 2.71. The Labute approximate surface area is 259 Å². The zero-order chi connectivity index (χ0) is 34.5.